The summed E-state index contributed by atoms with van der Waals surface area (Å²) in [6, 6.07) is 11.9. The minimum atomic E-state index is -0.760. The number of rotatable bonds is 4. The van der Waals surface area contributed by atoms with E-state index in [1.807, 2.05) is 35.3 Å². The van der Waals surface area contributed by atoms with E-state index in [1.54, 1.807) is 12.3 Å². The van der Waals surface area contributed by atoms with Crippen LogP contribution in [0.1, 0.15) is 18.9 Å². The molecule has 1 saturated heterocycles. The zero-order valence-corrected chi connectivity index (χ0v) is 18.3. The van der Waals surface area contributed by atoms with Crippen LogP contribution < -0.4 is 5.32 Å². The molecule has 163 valence electrons. The van der Waals surface area contributed by atoms with Gasteiger partial charge in [0.15, 0.2) is 11.6 Å². The van der Waals surface area contributed by atoms with Crippen molar-refractivity contribution in [3.8, 4) is 16.9 Å². The average molecular weight is 451 g/mol. The summed E-state index contributed by atoms with van der Waals surface area (Å²) in [6.45, 7) is 2.11. The van der Waals surface area contributed by atoms with Crippen molar-refractivity contribution >= 4 is 33.9 Å². The van der Waals surface area contributed by atoms with Crippen LogP contribution in [0, 0.1) is 11.9 Å². The molecule has 1 radical (unpaired) electrons. The highest BCUT2D eigenvalue weighted by Gasteiger charge is 2.19. The summed E-state index contributed by atoms with van der Waals surface area (Å²) in [6.07, 6.45) is 7.74. The first-order valence-electron chi connectivity index (χ1n) is 10.5. The fraction of sp³-hybridized carbons (Fsp3) is 0.250. The quantitative estimate of drug-likeness (QED) is 0.435. The predicted octanol–water partition coefficient (Wildman–Crippen LogP) is 5.41. The fourth-order valence-electron chi connectivity index (χ4n) is 4.21. The molecule has 32 heavy (non-hydrogen) atoms. The van der Waals surface area contributed by atoms with Gasteiger partial charge in [-0.15, -0.1) is 0 Å². The van der Waals surface area contributed by atoms with Crippen LogP contribution in [0.4, 0.5) is 15.8 Å². The van der Waals surface area contributed by atoms with Gasteiger partial charge < -0.3 is 15.3 Å². The molecule has 5 rings (SSSR count). The number of halogens is 2. The van der Waals surface area contributed by atoms with E-state index in [1.165, 1.54) is 6.07 Å². The molecule has 0 aliphatic carbocycles. The van der Waals surface area contributed by atoms with Crippen LogP contribution in [0.25, 0.3) is 22.0 Å². The van der Waals surface area contributed by atoms with Crippen molar-refractivity contribution < 1.29 is 9.50 Å². The van der Waals surface area contributed by atoms with Crippen LogP contribution >= 0.6 is 11.6 Å². The second-order valence-corrected chi connectivity index (χ2v) is 8.60. The summed E-state index contributed by atoms with van der Waals surface area (Å²) >= 11 is 5.97. The summed E-state index contributed by atoms with van der Waals surface area (Å²) in [7, 11) is 2.14. The number of aromatic hydroxyl groups is 1. The Balaban J connectivity index is 1.47. The molecule has 0 saturated carbocycles. The van der Waals surface area contributed by atoms with Gasteiger partial charge in [0, 0.05) is 30.4 Å². The van der Waals surface area contributed by atoms with Gasteiger partial charge in [-0.2, -0.15) is 5.10 Å². The molecular formula is C24H22ClFN5O. The fourth-order valence-corrected chi connectivity index (χ4v) is 4.42. The summed E-state index contributed by atoms with van der Waals surface area (Å²) in [5.74, 6) is -1.31. The van der Waals surface area contributed by atoms with Crippen molar-refractivity contribution in [3.63, 3.8) is 0 Å². The number of anilines is 2. The minimum absolute atomic E-state index is 0.0306. The van der Waals surface area contributed by atoms with Gasteiger partial charge in [-0.05, 0) is 61.8 Å². The van der Waals surface area contributed by atoms with Crippen molar-refractivity contribution in [2.45, 2.75) is 18.9 Å². The smallest absolute Gasteiger partial charge is 0.170 e. The zero-order chi connectivity index (χ0) is 22.2. The number of pyridine rings is 1. The third kappa shape index (κ3) is 4.01. The van der Waals surface area contributed by atoms with Gasteiger partial charge in [0.2, 0.25) is 0 Å². The number of phenolic OH excluding ortho intramolecular Hbond substituents is 1. The Kier molecular flexibility index (Phi) is 5.45. The number of hydrogen-bond donors (Lipinski definition) is 2. The number of likely N-dealkylation sites (N-methyl/N-ethyl adjacent to an activating group) is 1. The first kappa shape index (κ1) is 20.7. The zero-order valence-electron chi connectivity index (χ0n) is 17.5. The summed E-state index contributed by atoms with van der Waals surface area (Å²) in [5.41, 5.74) is 3.72. The third-order valence-electron chi connectivity index (χ3n) is 5.87. The molecule has 3 heterocycles. The number of nitrogens with zero attached hydrogens (tertiary/aromatic N) is 4. The molecule has 1 fully saturated rings. The number of hydrogen-bond acceptors (Lipinski definition) is 5. The Morgan fingerprint density at radius 1 is 1.25 bits per heavy atom. The normalized spacial score (nSPS) is 17.0. The van der Waals surface area contributed by atoms with E-state index >= 15 is 0 Å². The highest BCUT2D eigenvalue weighted by molar-refractivity contribution is 6.32. The standard InChI is InChI=1S/C24H22ClFN5O/c1-30-8-2-3-18(14-30)31-13-17(12-28-31)29-23-6-7-27-22-5-4-15(9-19(22)23)16-10-20(25)24(32)21(26)11-16/h4-5,7,9-13,18,32H,2-3,8,14H2,1H3,(H,27,29). The Bertz CT molecular complexity index is 1270. The van der Waals surface area contributed by atoms with Crippen LogP contribution in [0.15, 0.2) is 48.9 Å². The van der Waals surface area contributed by atoms with Crippen LogP contribution in [0.3, 0.4) is 0 Å². The molecule has 0 bridgehead atoms. The van der Waals surface area contributed by atoms with Crippen LogP contribution in [0.5, 0.6) is 5.75 Å². The van der Waals surface area contributed by atoms with Gasteiger partial charge in [-0.3, -0.25) is 9.67 Å². The van der Waals surface area contributed by atoms with Crippen LogP contribution in [-0.2, 0) is 0 Å². The summed E-state index contributed by atoms with van der Waals surface area (Å²) in [4.78, 5) is 6.72. The van der Waals surface area contributed by atoms with Crippen molar-refractivity contribution in [3.05, 3.63) is 65.8 Å². The Hall–Kier alpha value is -3.16. The van der Waals surface area contributed by atoms with Gasteiger partial charge in [-0.25, -0.2) is 4.39 Å². The van der Waals surface area contributed by atoms with E-state index in [-0.39, 0.29) is 5.02 Å². The first-order valence-corrected chi connectivity index (χ1v) is 10.8. The number of benzene rings is 2. The van der Waals surface area contributed by atoms with E-state index in [0.29, 0.717) is 11.6 Å². The minimum Gasteiger partial charge on any atom is -0.504 e. The largest absolute Gasteiger partial charge is 0.504 e. The molecule has 1 aliphatic rings. The number of aromatic nitrogens is 3. The molecule has 0 spiro atoms. The summed E-state index contributed by atoms with van der Waals surface area (Å²) in [5, 5.41) is 18.4. The number of phenols is 1. The molecule has 4 aromatic rings. The Labute approximate surface area is 190 Å². The van der Waals surface area contributed by atoms with Gasteiger partial charge in [0.25, 0.3) is 0 Å². The number of piperidine rings is 1. The number of likely N-dealkylation sites (tertiary alicyclic amines) is 1. The van der Waals surface area contributed by atoms with Crippen molar-refractivity contribution in [1.29, 1.82) is 0 Å². The Morgan fingerprint density at radius 2 is 2.12 bits per heavy atom. The lowest BCUT2D eigenvalue weighted by molar-refractivity contribution is 0.202. The molecule has 0 amide bonds. The lowest BCUT2D eigenvalue weighted by Crippen LogP contribution is -2.33. The average Bonchev–Trinajstić information content (AvgIpc) is 3.26. The van der Waals surface area contributed by atoms with E-state index in [0.717, 1.165) is 53.8 Å². The highest BCUT2D eigenvalue weighted by atomic mass is 35.5. The molecule has 1 atom stereocenters. The number of fused-ring (bicyclic) bond motifs is 1. The van der Waals surface area contributed by atoms with Gasteiger partial charge >= 0.3 is 0 Å². The molecule has 6 nitrogen and oxygen atoms in total. The predicted molar refractivity (Wildman–Crippen MR) is 124 cm³/mol. The maximum Gasteiger partial charge on any atom is 0.170 e. The maximum atomic E-state index is 14.0. The van der Waals surface area contributed by atoms with Crippen molar-refractivity contribution in [2.75, 3.05) is 25.5 Å². The molecular weight excluding hydrogens is 429 g/mol. The molecule has 1 unspecified atom stereocenters. The lowest BCUT2D eigenvalue weighted by Gasteiger charge is -2.29. The van der Waals surface area contributed by atoms with Crippen LogP contribution in [0.2, 0.25) is 5.02 Å². The van der Waals surface area contributed by atoms with Gasteiger partial charge in [0.05, 0.1) is 34.2 Å². The van der Waals surface area contributed by atoms with Gasteiger partial charge in [0.1, 0.15) is 0 Å². The molecule has 2 aromatic carbocycles. The van der Waals surface area contributed by atoms with E-state index in [2.05, 4.69) is 33.4 Å². The van der Waals surface area contributed by atoms with Crippen molar-refractivity contribution in [1.82, 2.24) is 19.7 Å². The second kappa shape index (κ2) is 8.41. The SMILES string of the molecule is CN1CCCC(n2cc(Nc3[c]cnc4ccc(-c5cc(F)c(O)c(Cl)c5)cc34)cn2)C1. The van der Waals surface area contributed by atoms with Crippen LogP contribution in [-0.4, -0.2) is 44.9 Å². The third-order valence-corrected chi connectivity index (χ3v) is 6.16. The first-order chi connectivity index (χ1) is 15.5. The number of nitrogens with one attached hydrogen (secondary N) is 1. The summed E-state index contributed by atoms with van der Waals surface area (Å²) < 4.78 is 16.0. The van der Waals surface area contributed by atoms with Gasteiger partial charge in [-0.1, -0.05) is 17.7 Å². The molecule has 8 heteroatoms. The van der Waals surface area contributed by atoms with E-state index < -0.39 is 11.6 Å². The monoisotopic (exact) mass is 450 g/mol. The van der Waals surface area contributed by atoms with E-state index in [9.17, 15) is 9.50 Å². The van der Waals surface area contributed by atoms with E-state index in [4.69, 9.17) is 11.6 Å². The molecule has 2 aromatic heterocycles. The second-order valence-electron chi connectivity index (χ2n) is 8.19. The maximum absolute atomic E-state index is 14.0. The topological polar surface area (TPSA) is 66.2 Å². The Morgan fingerprint density at radius 3 is 2.94 bits per heavy atom. The molecule has 1 aliphatic heterocycles. The lowest BCUT2D eigenvalue weighted by atomic mass is 10.0. The highest BCUT2D eigenvalue weighted by Crippen LogP contribution is 2.35. The van der Waals surface area contributed by atoms with Crippen molar-refractivity contribution in [2.24, 2.45) is 0 Å². The molecule has 2 N–H and O–H groups in total.